The predicted octanol–water partition coefficient (Wildman–Crippen LogP) is 3.77. The van der Waals surface area contributed by atoms with Crippen LogP contribution in [0.1, 0.15) is 38.8 Å². The molecule has 0 aliphatic carbocycles. The molecule has 128 valence electrons. The topological polar surface area (TPSA) is 47.3 Å². The summed E-state index contributed by atoms with van der Waals surface area (Å²) in [5, 5.41) is 3.36. The minimum atomic E-state index is -0.390. The standard InChI is InChI=1S/C21H28N2O/c1-20(2,3)17-10-8-15(9-11-17)16-6-5-7-18(12-16)21(4)14-23-13-19(22)24-21/h5-12,19,23H,13-14,22H2,1-4H3. The van der Waals surface area contributed by atoms with E-state index in [0.717, 1.165) is 12.1 Å². The van der Waals surface area contributed by atoms with Crippen LogP contribution >= 0.6 is 0 Å². The molecular formula is C21H28N2O. The normalized spacial score (nSPS) is 24.8. The maximum absolute atomic E-state index is 6.03. The number of hydrogen-bond donors (Lipinski definition) is 2. The molecule has 1 aliphatic heterocycles. The first-order chi connectivity index (χ1) is 11.3. The Morgan fingerprint density at radius 1 is 1.08 bits per heavy atom. The van der Waals surface area contributed by atoms with Crippen LogP contribution in [-0.2, 0) is 15.8 Å². The number of benzene rings is 2. The lowest BCUT2D eigenvalue weighted by Gasteiger charge is -2.38. The Balaban J connectivity index is 1.90. The van der Waals surface area contributed by atoms with E-state index in [1.165, 1.54) is 16.7 Å². The molecule has 1 fully saturated rings. The molecule has 0 amide bonds. The molecule has 1 heterocycles. The van der Waals surface area contributed by atoms with Crippen LogP contribution in [0.3, 0.4) is 0 Å². The summed E-state index contributed by atoms with van der Waals surface area (Å²) in [6.45, 7) is 10.3. The molecule has 0 bridgehead atoms. The minimum Gasteiger partial charge on any atom is -0.350 e. The molecule has 3 heteroatoms. The summed E-state index contributed by atoms with van der Waals surface area (Å²) in [7, 11) is 0. The van der Waals surface area contributed by atoms with Gasteiger partial charge in [-0.3, -0.25) is 0 Å². The van der Waals surface area contributed by atoms with Gasteiger partial charge in [0.1, 0.15) is 11.8 Å². The first-order valence-electron chi connectivity index (χ1n) is 8.63. The van der Waals surface area contributed by atoms with Gasteiger partial charge in [-0.15, -0.1) is 0 Å². The van der Waals surface area contributed by atoms with Gasteiger partial charge in [-0.1, -0.05) is 63.2 Å². The zero-order valence-corrected chi connectivity index (χ0v) is 15.1. The predicted molar refractivity (Wildman–Crippen MR) is 99.9 cm³/mol. The number of nitrogens with one attached hydrogen (secondary N) is 1. The lowest BCUT2D eigenvalue weighted by atomic mass is 9.86. The molecule has 0 spiro atoms. The highest BCUT2D eigenvalue weighted by molar-refractivity contribution is 5.65. The molecule has 2 atom stereocenters. The van der Waals surface area contributed by atoms with Crippen LogP contribution in [0.2, 0.25) is 0 Å². The maximum Gasteiger partial charge on any atom is 0.119 e. The first-order valence-corrected chi connectivity index (χ1v) is 8.63. The molecule has 3 N–H and O–H groups in total. The van der Waals surface area contributed by atoms with Crippen LogP contribution in [0.15, 0.2) is 48.5 Å². The molecule has 2 unspecified atom stereocenters. The van der Waals surface area contributed by atoms with Crippen molar-refractivity contribution in [1.82, 2.24) is 5.32 Å². The van der Waals surface area contributed by atoms with E-state index in [2.05, 4.69) is 81.5 Å². The van der Waals surface area contributed by atoms with E-state index in [-0.39, 0.29) is 17.2 Å². The number of nitrogens with two attached hydrogens (primary N) is 1. The molecule has 1 saturated heterocycles. The lowest BCUT2D eigenvalue weighted by Crippen LogP contribution is -2.53. The third kappa shape index (κ3) is 3.54. The molecule has 1 aliphatic rings. The van der Waals surface area contributed by atoms with Crippen molar-refractivity contribution in [3.63, 3.8) is 0 Å². The van der Waals surface area contributed by atoms with Crippen LogP contribution in [0.4, 0.5) is 0 Å². The van der Waals surface area contributed by atoms with Gasteiger partial charge >= 0.3 is 0 Å². The van der Waals surface area contributed by atoms with Crippen molar-refractivity contribution in [2.45, 2.75) is 44.9 Å². The second-order valence-corrected chi connectivity index (χ2v) is 7.93. The Morgan fingerprint density at radius 3 is 2.42 bits per heavy atom. The summed E-state index contributed by atoms with van der Waals surface area (Å²) < 4.78 is 6.03. The summed E-state index contributed by atoms with van der Waals surface area (Å²) >= 11 is 0. The van der Waals surface area contributed by atoms with E-state index in [0.29, 0.717) is 6.54 Å². The lowest BCUT2D eigenvalue weighted by molar-refractivity contribution is -0.107. The first kappa shape index (κ1) is 17.2. The van der Waals surface area contributed by atoms with Crippen molar-refractivity contribution in [2.75, 3.05) is 13.1 Å². The highest BCUT2D eigenvalue weighted by atomic mass is 16.5. The second kappa shape index (κ2) is 6.32. The Hall–Kier alpha value is -1.68. The van der Waals surface area contributed by atoms with Gasteiger partial charge in [0.25, 0.3) is 0 Å². The van der Waals surface area contributed by atoms with Crippen molar-refractivity contribution in [3.8, 4) is 11.1 Å². The van der Waals surface area contributed by atoms with E-state index >= 15 is 0 Å². The molecular weight excluding hydrogens is 296 g/mol. The average Bonchev–Trinajstić information content (AvgIpc) is 2.54. The number of rotatable bonds is 2. The van der Waals surface area contributed by atoms with E-state index in [9.17, 15) is 0 Å². The second-order valence-electron chi connectivity index (χ2n) is 7.93. The summed E-state index contributed by atoms with van der Waals surface area (Å²) in [6, 6.07) is 17.4. The molecule has 2 aromatic carbocycles. The monoisotopic (exact) mass is 324 g/mol. The molecule has 0 radical (unpaired) electrons. The Kier molecular flexibility index (Phi) is 4.52. The summed E-state index contributed by atoms with van der Waals surface area (Å²) in [5.74, 6) is 0. The maximum atomic E-state index is 6.03. The van der Waals surface area contributed by atoms with Gasteiger partial charge in [0.05, 0.1) is 0 Å². The smallest absolute Gasteiger partial charge is 0.119 e. The number of ether oxygens (including phenoxy) is 1. The number of hydrogen-bond acceptors (Lipinski definition) is 3. The van der Waals surface area contributed by atoms with Crippen LogP contribution in [0.5, 0.6) is 0 Å². The van der Waals surface area contributed by atoms with Crippen molar-refractivity contribution in [1.29, 1.82) is 0 Å². The van der Waals surface area contributed by atoms with E-state index in [4.69, 9.17) is 10.5 Å². The molecule has 2 aromatic rings. The minimum absolute atomic E-state index is 0.172. The Bertz CT molecular complexity index is 703. The SMILES string of the molecule is CC(C)(C)c1ccc(-c2cccc(C3(C)CNCC(N)O3)c2)cc1. The summed E-state index contributed by atoms with van der Waals surface area (Å²) in [6.07, 6.45) is -0.265. The Labute approximate surface area is 145 Å². The van der Waals surface area contributed by atoms with Gasteiger partial charge in [-0.2, -0.15) is 0 Å². The third-order valence-corrected chi connectivity index (χ3v) is 4.78. The fourth-order valence-corrected chi connectivity index (χ4v) is 3.23. The van der Waals surface area contributed by atoms with Crippen molar-refractivity contribution >= 4 is 0 Å². The third-order valence-electron chi connectivity index (χ3n) is 4.78. The van der Waals surface area contributed by atoms with Gasteiger partial charge in [0.15, 0.2) is 0 Å². The van der Waals surface area contributed by atoms with Gasteiger partial charge < -0.3 is 15.8 Å². The summed E-state index contributed by atoms with van der Waals surface area (Å²) in [5.41, 5.74) is 10.7. The highest BCUT2D eigenvalue weighted by Gasteiger charge is 2.33. The average molecular weight is 324 g/mol. The molecule has 0 aromatic heterocycles. The van der Waals surface area contributed by atoms with Crippen molar-refractivity contribution in [2.24, 2.45) is 5.73 Å². The van der Waals surface area contributed by atoms with Crippen LogP contribution in [-0.4, -0.2) is 19.3 Å². The van der Waals surface area contributed by atoms with Crippen LogP contribution in [0.25, 0.3) is 11.1 Å². The molecule has 3 nitrogen and oxygen atoms in total. The fraction of sp³-hybridized carbons (Fsp3) is 0.429. The van der Waals surface area contributed by atoms with Gasteiger partial charge in [0, 0.05) is 13.1 Å². The van der Waals surface area contributed by atoms with Crippen LogP contribution < -0.4 is 11.1 Å². The largest absolute Gasteiger partial charge is 0.350 e. The molecule has 0 saturated carbocycles. The van der Waals surface area contributed by atoms with Crippen LogP contribution in [0, 0.1) is 0 Å². The van der Waals surface area contributed by atoms with E-state index in [1.54, 1.807) is 0 Å². The zero-order valence-electron chi connectivity index (χ0n) is 15.1. The number of morpholine rings is 1. The van der Waals surface area contributed by atoms with E-state index < -0.39 is 0 Å². The highest BCUT2D eigenvalue weighted by Crippen LogP contribution is 2.32. The Morgan fingerprint density at radius 2 is 1.79 bits per heavy atom. The quantitative estimate of drug-likeness (QED) is 0.884. The van der Waals surface area contributed by atoms with Gasteiger partial charge in [-0.25, -0.2) is 0 Å². The zero-order chi connectivity index (χ0) is 17.4. The van der Waals surface area contributed by atoms with Gasteiger partial charge in [0.2, 0.25) is 0 Å². The van der Waals surface area contributed by atoms with Crippen molar-refractivity contribution in [3.05, 3.63) is 59.7 Å². The van der Waals surface area contributed by atoms with Crippen molar-refractivity contribution < 1.29 is 4.74 Å². The summed E-state index contributed by atoms with van der Waals surface area (Å²) in [4.78, 5) is 0. The fourth-order valence-electron chi connectivity index (χ4n) is 3.23. The molecule has 3 rings (SSSR count). The van der Waals surface area contributed by atoms with Gasteiger partial charge in [-0.05, 0) is 40.7 Å². The molecule has 24 heavy (non-hydrogen) atoms. The van der Waals surface area contributed by atoms with E-state index in [1.807, 2.05) is 0 Å².